The molecule has 65 heavy (non-hydrogen) atoms. The van der Waals surface area contributed by atoms with Crippen LogP contribution in [0.5, 0.6) is 0 Å². The normalized spacial score (nSPS) is 12.0. The van der Waals surface area contributed by atoms with Gasteiger partial charge >= 0.3 is 0 Å². The number of aromatic nitrogens is 5. The van der Waals surface area contributed by atoms with Gasteiger partial charge in [-0.3, -0.25) is 0 Å². The van der Waals surface area contributed by atoms with Gasteiger partial charge in [0.2, 0.25) is 0 Å². The van der Waals surface area contributed by atoms with Crippen LogP contribution in [0.15, 0.2) is 217 Å². The highest BCUT2D eigenvalue weighted by Gasteiger charge is 2.22. The van der Waals surface area contributed by atoms with Gasteiger partial charge in [0.15, 0.2) is 17.5 Å². The first-order valence-electron chi connectivity index (χ1n) is 21.9. The fourth-order valence-corrected chi connectivity index (χ4v) is 10.1. The smallest absolute Gasteiger partial charge is 0.164 e. The molecule has 0 aliphatic rings. The molecule has 14 rings (SSSR count). The number of nitrogens with zero attached hydrogens (tertiary/aromatic N) is 5. The van der Waals surface area contributed by atoms with E-state index in [-0.39, 0.29) is 0 Å². The lowest BCUT2D eigenvalue weighted by Crippen LogP contribution is -2.00. The molecule has 6 nitrogen and oxygen atoms in total. The molecule has 4 heterocycles. The minimum atomic E-state index is 0.587. The summed E-state index contributed by atoms with van der Waals surface area (Å²) in [6.07, 6.45) is 0. The van der Waals surface area contributed by atoms with E-state index in [9.17, 15) is 0 Å². The zero-order valence-electron chi connectivity index (χ0n) is 34.9. The number of furan rings is 1. The zero-order chi connectivity index (χ0) is 42.6. The van der Waals surface area contributed by atoms with Crippen molar-refractivity contribution in [3.8, 4) is 45.5 Å². The fraction of sp³-hybridized carbons (Fsp3) is 0. The van der Waals surface area contributed by atoms with Crippen molar-refractivity contribution in [1.82, 2.24) is 24.1 Å². The Kier molecular flexibility index (Phi) is 7.59. The molecule has 0 N–H and O–H groups in total. The Bertz CT molecular complexity index is 4160. The molecule has 0 saturated heterocycles. The monoisotopic (exact) mass is 829 g/mol. The van der Waals surface area contributed by atoms with Crippen LogP contribution in [-0.4, -0.2) is 24.1 Å². The molecule has 10 aromatic carbocycles. The third-order valence-corrected chi connectivity index (χ3v) is 13.1. The van der Waals surface area contributed by atoms with Crippen LogP contribution in [0.25, 0.3) is 133 Å². The molecule has 0 unspecified atom stereocenters. The van der Waals surface area contributed by atoms with Crippen molar-refractivity contribution in [3.63, 3.8) is 0 Å². The minimum absolute atomic E-state index is 0.587. The number of benzene rings is 10. The first-order chi connectivity index (χ1) is 32.2. The molecule has 0 aliphatic heterocycles. The highest BCUT2D eigenvalue weighted by Crippen LogP contribution is 2.42. The van der Waals surface area contributed by atoms with Crippen molar-refractivity contribution in [2.45, 2.75) is 0 Å². The van der Waals surface area contributed by atoms with Gasteiger partial charge < -0.3 is 13.6 Å². The van der Waals surface area contributed by atoms with Gasteiger partial charge in [-0.2, -0.15) is 0 Å². The molecule has 0 atom stereocenters. The van der Waals surface area contributed by atoms with Gasteiger partial charge in [0.1, 0.15) is 11.2 Å². The first-order valence-corrected chi connectivity index (χ1v) is 21.9. The van der Waals surface area contributed by atoms with E-state index in [4.69, 9.17) is 19.4 Å². The van der Waals surface area contributed by atoms with Crippen LogP contribution in [0.4, 0.5) is 0 Å². The summed E-state index contributed by atoms with van der Waals surface area (Å²) in [4.78, 5) is 15.6. The molecule has 302 valence electrons. The Morgan fingerprint density at radius 2 is 0.862 bits per heavy atom. The lowest BCUT2D eigenvalue weighted by molar-refractivity contribution is 0.668. The van der Waals surface area contributed by atoms with Gasteiger partial charge in [-0.05, 0) is 88.3 Å². The van der Waals surface area contributed by atoms with E-state index in [0.29, 0.717) is 17.5 Å². The van der Waals surface area contributed by atoms with E-state index in [0.717, 1.165) is 77.3 Å². The molecular formula is C59H35N5O. The topological polar surface area (TPSA) is 61.7 Å². The maximum Gasteiger partial charge on any atom is 0.164 e. The molecule has 0 bridgehead atoms. The highest BCUT2D eigenvalue weighted by molar-refractivity contribution is 6.19. The van der Waals surface area contributed by atoms with Gasteiger partial charge in [0.25, 0.3) is 0 Å². The largest absolute Gasteiger partial charge is 0.456 e. The van der Waals surface area contributed by atoms with Crippen LogP contribution in [-0.2, 0) is 0 Å². The van der Waals surface area contributed by atoms with Crippen LogP contribution < -0.4 is 0 Å². The summed E-state index contributed by atoms with van der Waals surface area (Å²) in [5, 5.41) is 11.4. The van der Waals surface area contributed by atoms with Gasteiger partial charge in [0.05, 0.1) is 22.1 Å². The quantitative estimate of drug-likeness (QED) is 0.173. The van der Waals surface area contributed by atoms with E-state index in [1.165, 1.54) is 37.8 Å². The van der Waals surface area contributed by atoms with E-state index < -0.39 is 0 Å². The molecule has 0 fully saturated rings. The molecule has 4 aromatic heterocycles. The summed E-state index contributed by atoms with van der Waals surface area (Å²) >= 11 is 0. The predicted molar refractivity (Wildman–Crippen MR) is 267 cm³/mol. The maximum atomic E-state index is 6.80. The second-order valence-corrected chi connectivity index (χ2v) is 16.8. The van der Waals surface area contributed by atoms with Crippen LogP contribution >= 0.6 is 0 Å². The Balaban J connectivity index is 0.971. The number of rotatable bonds is 5. The summed E-state index contributed by atoms with van der Waals surface area (Å²) in [6.45, 7) is 0. The fourth-order valence-electron chi connectivity index (χ4n) is 10.1. The zero-order valence-corrected chi connectivity index (χ0v) is 34.9. The lowest BCUT2D eigenvalue weighted by Gasteiger charge is -2.11. The Morgan fingerprint density at radius 1 is 0.308 bits per heavy atom. The molecule has 14 aromatic rings. The average molecular weight is 830 g/mol. The van der Waals surface area contributed by atoms with Crippen molar-refractivity contribution in [2.24, 2.45) is 0 Å². The summed E-state index contributed by atoms with van der Waals surface area (Å²) < 4.78 is 11.6. The third-order valence-electron chi connectivity index (χ3n) is 13.1. The van der Waals surface area contributed by atoms with Crippen LogP contribution in [0.1, 0.15) is 0 Å². The molecule has 0 saturated carbocycles. The summed E-state index contributed by atoms with van der Waals surface area (Å²) in [7, 11) is 0. The van der Waals surface area contributed by atoms with Gasteiger partial charge in [-0.15, -0.1) is 0 Å². The number of hydrogen-bond donors (Lipinski definition) is 0. The second-order valence-electron chi connectivity index (χ2n) is 16.8. The van der Waals surface area contributed by atoms with E-state index >= 15 is 0 Å². The van der Waals surface area contributed by atoms with Crippen molar-refractivity contribution >= 4 is 87.1 Å². The van der Waals surface area contributed by atoms with Gasteiger partial charge in [-0.25, -0.2) is 15.0 Å². The van der Waals surface area contributed by atoms with Crippen molar-refractivity contribution < 1.29 is 4.42 Å². The van der Waals surface area contributed by atoms with Crippen molar-refractivity contribution in [2.75, 3.05) is 0 Å². The molecule has 6 heteroatoms. The van der Waals surface area contributed by atoms with Gasteiger partial charge in [-0.1, -0.05) is 140 Å². The maximum absolute atomic E-state index is 6.80. The predicted octanol–water partition coefficient (Wildman–Crippen LogP) is 15.3. The Hall–Kier alpha value is -8.87. The van der Waals surface area contributed by atoms with E-state index in [1.54, 1.807) is 0 Å². The average Bonchev–Trinajstić information content (AvgIpc) is 4.02. The van der Waals surface area contributed by atoms with Crippen molar-refractivity contribution in [3.05, 3.63) is 212 Å². The molecule has 0 amide bonds. The summed E-state index contributed by atoms with van der Waals surface area (Å²) in [5.41, 5.74) is 11.0. The summed E-state index contributed by atoms with van der Waals surface area (Å²) in [5.74, 6) is 1.81. The molecule has 0 radical (unpaired) electrons. The van der Waals surface area contributed by atoms with Crippen molar-refractivity contribution in [1.29, 1.82) is 0 Å². The van der Waals surface area contributed by atoms with Crippen LogP contribution in [0, 0.1) is 0 Å². The molecule has 0 aliphatic carbocycles. The highest BCUT2D eigenvalue weighted by atomic mass is 16.3. The SMILES string of the molecule is c1ccc(-n2c3ccccc3c3cc4c5ccccc5n(-c5ccc6c(c5)oc5cccc(-c7nc(-c8ccc9ccccc9c8)nc(-c8ccc9ccccc9c8)n7)c56)c4cc32)cc1. The second kappa shape index (κ2) is 13.8. The number of para-hydroxylation sites is 3. The Labute approximate surface area is 371 Å². The molecule has 0 spiro atoms. The molecular weight excluding hydrogens is 795 g/mol. The van der Waals surface area contributed by atoms with Crippen LogP contribution in [0.3, 0.4) is 0 Å². The summed E-state index contributed by atoms with van der Waals surface area (Å²) in [6, 6.07) is 75.1. The standard InChI is InChI=1S/C59H35N5O/c1-2-17-42(18-3-1)63-50-22-10-8-19-44(50)48-34-49-45-20-9-11-23-51(45)64(53(49)35-52(48)63)43-29-30-46-55(33-43)65-54-24-12-21-47(56(46)54)59-61-57(40-27-25-36-13-4-6-15-38(36)31-40)60-58(62-59)41-28-26-37-14-5-7-16-39(37)32-41/h1-35H. The van der Waals surface area contributed by atoms with E-state index in [2.05, 4.69) is 209 Å². The van der Waals surface area contributed by atoms with E-state index in [1.807, 2.05) is 12.1 Å². The van der Waals surface area contributed by atoms with Gasteiger partial charge in [0, 0.05) is 66.4 Å². The first kappa shape index (κ1) is 35.7. The number of hydrogen-bond acceptors (Lipinski definition) is 4. The number of fused-ring (bicyclic) bond motifs is 11. The Morgan fingerprint density at radius 3 is 1.51 bits per heavy atom. The minimum Gasteiger partial charge on any atom is -0.456 e. The van der Waals surface area contributed by atoms with Crippen LogP contribution in [0.2, 0.25) is 0 Å². The third kappa shape index (κ3) is 5.51. The lowest BCUT2D eigenvalue weighted by atomic mass is 10.0.